The maximum Gasteiger partial charge on any atom is 0.244 e. The Morgan fingerprint density at radius 3 is 2.12 bits per heavy atom. The zero-order valence-corrected chi connectivity index (χ0v) is 22.3. The van der Waals surface area contributed by atoms with Gasteiger partial charge in [-0.05, 0) is 76.8 Å². The number of rotatable bonds is 8. The van der Waals surface area contributed by atoms with Crippen LogP contribution < -0.4 is 9.62 Å². The van der Waals surface area contributed by atoms with E-state index in [1.54, 1.807) is 19.1 Å². The van der Waals surface area contributed by atoms with Crippen molar-refractivity contribution in [2.75, 3.05) is 17.1 Å². The van der Waals surface area contributed by atoms with Gasteiger partial charge in [-0.1, -0.05) is 36.4 Å². The lowest BCUT2D eigenvalue weighted by Gasteiger charge is -2.33. The monoisotopic (exact) mass is 487 g/mol. The molecule has 34 heavy (non-hydrogen) atoms. The quantitative estimate of drug-likeness (QED) is 0.615. The average Bonchev–Trinajstić information content (AvgIpc) is 2.71. The maximum absolute atomic E-state index is 13.6. The molecule has 0 aliphatic heterocycles. The highest BCUT2D eigenvalue weighted by molar-refractivity contribution is 7.92. The van der Waals surface area contributed by atoms with Crippen molar-refractivity contribution in [3.63, 3.8) is 0 Å². The number of benzene rings is 2. The summed E-state index contributed by atoms with van der Waals surface area (Å²) in [6, 6.07) is 12.2. The van der Waals surface area contributed by atoms with Gasteiger partial charge < -0.3 is 10.2 Å². The Bertz CT molecular complexity index is 1150. The Kier molecular flexibility index (Phi) is 8.53. The summed E-state index contributed by atoms with van der Waals surface area (Å²) < 4.78 is 26.6. The molecule has 0 saturated carbocycles. The highest BCUT2D eigenvalue weighted by Crippen LogP contribution is 2.25. The number of sulfonamides is 1. The molecule has 1 atom stereocenters. The van der Waals surface area contributed by atoms with E-state index in [-0.39, 0.29) is 12.5 Å². The first-order chi connectivity index (χ1) is 15.6. The van der Waals surface area contributed by atoms with Crippen LogP contribution in [0.1, 0.15) is 49.9 Å². The highest BCUT2D eigenvalue weighted by atomic mass is 32.2. The minimum atomic E-state index is -3.76. The second-order valence-corrected chi connectivity index (χ2v) is 11.8. The fraction of sp³-hybridized carbons (Fsp3) is 0.462. The van der Waals surface area contributed by atoms with Crippen LogP contribution in [-0.4, -0.2) is 49.5 Å². The second kappa shape index (κ2) is 10.6. The minimum Gasteiger partial charge on any atom is -0.350 e. The molecular weight excluding hydrogens is 450 g/mol. The van der Waals surface area contributed by atoms with Gasteiger partial charge in [-0.15, -0.1) is 0 Å². The molecule has 8 heteroatoms. The summed E-state index contributed by atoms with van der Waals surface area (Å²) in [5, 5.41) is 2.92. The number of hydrogen-bond donors (Lipinski definition) is 1. The number of carbonyl (C=O) groups excluding carboxylic acids is 2. The molecule has 1 N–H and O–H groups in total. The molecule has 0 aromatic heterocycles. The molecular formula is C26H37N3O4S. The van der Waals surface area contributed by atoms with Crippen molar-refractivity contribution < 1.29 is 18.0 Å². The topological polar surface area (TPSA) is 86.8 Å². The van der Waals surface area contributed by atoms with Crippen LogP contribution in [0.15, 0.2) is 42.5 Å². The molecule has 2 aromatic carbocycles. The molecule has 0 aliphatic rings. The lowest BCUT2D eigenvalue weighted by atomic mass is 10.1. The fourth-order valence-corrected chi connectivity index (χ4v) is 4.53. The third kappa shape index (κ3) is 7.06. The molecule has 0 unspecified atom stereocenters. The van der Waals surface area contributed by atoms with Crippen LogP contribution in [0.4, 0.5) is 5.69 Å². The standard InChI is InChI=1S/C26H37N3O4S/c1-18-13-11-15-23(20(18)3)29(34(8,32)33)17-24(30)28(16-22-14-10-9-12-19(22)2)21(4)25(31)27-26(5,6)7/h9-15,21H,16-17H2,1-8H3,(H,27,31)/t21-/m0/s1. The van der Waals surface area contributed by atoms with Crippen LogP contribution in [-0.2, 0) is 26.2 Å². The van der Waals surface area contributed by atoms with E-state index in [1.807, 2.05) is 71.9 Å². The molecule has 0 fully saturated rings. The molecule has 0 spiro atoms. The Balaban J connectivity index is 2.47. The third-order valence-electron chi connectivity index (χ3n) is 5.79. The summed E-state index contributed by atoms with van der Waals surface area (Å²) in [7, 11) is -3.76. The summed E-state index contributed by atoms with van der Waals surface area (Å²) in [6.07, 6.45) is 1.09. The molecule has 2 amide bonds. The van der Waals surface area contributed by atoms with Crippen LogP contribution in [0.5, 0.6) is 0 Å². The van der Waals surface area contributed by atoms with Crippen molar-refractivity contribution in [1.82, 2.24) is 10.2 Å². The normalized spacial score (nSPS) is 12.7. The number of anilines is 1. The Hall–Kier alpha value is -2.87. The van der Waals surface area contributed by atoms with Gasteiger partial charge in [-0.25, -0.2) is 8.42 Å². The largest absolute Gasteiger partial charge is 0.350 e. The van der Waals surface area contributed by atoms with E-state index >= 15 is 0 Å². The molecule has 0 radical (unpaired) electrons. The van der Waals surface area contributed by atoms with Crippen molar-refractivity contribution in [1.29, 1.82) is 0 Å². The van der Waals surface area contributed by atoms with Gasteiger partial charge in [-0.2, -0.15) is 0 Å². The predicted molar refractivity (Wildman–Crippen MR) is 137 cm³/mol. The fourth-order valence-electron chi connectivity index (χ4n) is 3.63. The van der Waals surface area contributed by atoms with Gasteiger partial charge in [0.1, 0.15) is 12.6 Å². The van der Waals surface area contributed by atoms with Crippen LogP contribution in [0.3, 0.4) is 0 Å². The predicted octanol–water partition coefficient (Wildman–Crippen LogP) is 3.71. The first kappa shape index (κ1) is 27.4. The molecule has 7 nitrogen and oxygen atoms in total. The van der Waals surface area contributed by atoms with Gasteiger partial charge in [0.25, 0.3) is 0 Å². The van der Waals surface area contributed by atoms with Gasteiger partial charge in [0.15, 0.2) is 0 Å². The number of nitrogens with one attached hydrogen (secondary N) is 1. The van der Waals surface area contributed by atoms with E-state index in [9.17, 15) is 18.0 Å². The SMILES string of the molecule is Cc1ccccc1CN(C(=O)CN(c1cccc(C)c1C)S(C)(=O)=O)[C@@H](C)C(=O)NC(C)(C)C. The van der Waals surface area contributed by atoms with E-state index in [2.05, 4.69) is 5.32 Å². The number of carbonyl (C=O) groups is 2. The molecule has 0 saturated heterocycles. The zero-order valence-electron chi connectivity index (χ0n) is 21.5. The van der Waals surface area contributed by atoms with E-state index in [1.165, 1.54) is 4.90 Å². The minimum absolute atomic E-state index is 0.189. The van der Waals surface area contributed by atoms with Crippen molar-refractivity contribution in [3.8, 4) is 0 Å². The lowest BCUT2D eigenvalue weighted by Crippen LogP contribution is -2.54. The van der Waals surface area contributed by atoms with Crippen LogP contribution >= 0.6 is 0 Å². The number of hydrogen-bond acceptors (Lipinski definition) is 4. The smallest absolute Gasteiger partial charge is 0.244 e. The van der Waals surface area contributed by atoms with Gasteiger partial charge in [-0.3, -0.25) is 13.9 Å². The summed E-state index contributed by atoms with van der Waals surface area (Å²) in [6.45, 7) is 12.7. The van der Waals surface area contributed by atoms with Crippen molar-refractivity contribution in [2.45, 2.75) is 66.6 Å². The molecule has 2 aromatic rings. The molecule has 2 rings (SSSR count). The summed E-state index contributed by atoms with van der Waals surface area (Å²) >= 11 is 0. The summed E-state index contributed by atoms with van der Waals surface area (Å²) in [5.74, 6) is -0.752. The van der Waals surface area contributed by atoms with Gasteiger partial charge in [0, 0.05) is 12.1 Å². The van der Waals surface area contributed by atoms with E-state index in [4.69, 9.17) is 0 Å². The average molecular weight is 488 g/mol. The lowest BCUT2D eigenvalue weighted by molar-refractivity contribution is -0.140. The van der Waals surface area contributed by atoms with Gasteiger partial charge >= 0.3 is 0 Å². The van der Waals surface area contributed by atoms with Gasteiger partial charge in [0.05, 0.1) is 11.9 Å². The highest BCUT2D eigenvalue weighted by Gasteiger charge is 2.32. The Labute approximate surface area is 204 Å². The first-order valence-corrected chi connectivity index (χ1v) is 13.2. The summed E-state index contributed by atoms with van der Waals surface area (Å²) in [5.41, 5.74) is 3.57. The number of aryl methyl sites for hydroxylation is 2. The molecule has 0 heterocycles. The van der Waals surface area contributed by atoms with E-state index in [0.717, 1.165) is 32.8 Å². The number of nitrogens with zero attached hydrogens (tertiary/aromatic N) is 2. The Morgan fingerprint density at radius 2 is 1.56 bits per heavy atom. The van der Waals surface area contributed by atoms with Crippen LogP contribution in [0.2, 0.25) is 0 Å². The van der Waals surface area contributed by atoms with Crippen LogP contribution in [0.25, 0.3) is 0 Å². The molecule has 0 aliphatic carbocycles. The summed E-state index contributed by atoms with van der Waals surface area (Å²) in [4.78, 5) is 28.1. The van der Waals surface area contributed by atoms with Crippen LogP contribution in [0, 0.1) is 20.8 Å². The number of amides is 2. The van der Waals surface area contributed by atoms with E-state index < -0.39 is 34.1 Å². The van der Waals surface area contributed by atoms with E-state index in [0.29, 0.717) is 5.69 Å². The second-order valence-electron chi connectivity index (χ2n) is 9.85. The zero-order chi connectivity index (χ0) is 25.8. The van der Waals surface area contributed by atoms with Crippen molar-refractivity contribution in [3.05, 3.63) is 64.7 Å². The first-order valence-electron chi connectivity index (χ1n) is 11.3. The maximum atomic E-state index is 13.6. The Morgan fingerprint density at radius 1 is 0.971 bits per heavy atom. The molecule has 0 bridgehead atoms. The van der Waals surface area contributed by atoms with Gasteiger partial charge in [0.2, 0.25) is 21.8 Å². The van der Waals surface area contributed by atoms with Crippen molar-refractivity contribution in [2.24, 2.45) is 0 Å². The third-order valence-corrected chi connectivity index (χ3v) is 6.92. The van der Waals surface area contributed by atoms with Crippen molar-refractivity contribution >= 4 is 27.5 Å². The molecule has 186 valence electrons.